The van der Waals surface area contributed by atoms with Gasteiger partial charge in [0.15, 0.2) is 0 Å². The maximum absolute atomic E-state index is 10.8. The minimum Gasteiger partial charge on any atom is -0.872 e. The van der Waals surface area contributed by atoms with Crippen LogP contribution in [0.4, 0.5) is 0 Å². The average molecular weight is 258 g/mol. The van der Waals surface area contributed by atoms with Crippen molar-refractivity contribution in [1.82, 2.24) is 0 Å². The van der Waals surface area contributed by atoms with Gasteiger partial charge in [0.1, 0.15) is 0 Å². The maximum Gasteiger partial charge on any atom is 1.00 e. The molecule has 0 aliphatic carbocycles. The van der Waals surface area contributed by atoms with Crippen molar-refractivity contribution in [2.75, 3.05) is 0 Å². The number of carbonyl (C=O) groups excluding carboxylic acids is 1. The third-order valence-electron chi connectivity index (χ3n) is 1.45. The van der Waals surface area contributed by atoms with Crippen LogP contribution in [-0.2, 0) is 0 Å². The molecule has 0 saturated carbocycles. The van der Waals surface area contributed by atoms with Crippen molar-refractivity contribution in [3.8, 4) is 5.75 Å². The summed E-state index contributed by atoms with van der Waals surface area (Å²) in [5.74, 6) is -3.69. The van der Waals surface area contributed by atoms with Crippen LogP contribution in [0.15, 0.2) is 18.2 Å². The molecule has 0 aromatic heterocycles. The normalized spacial score (nSPS) is 8.27. The van der Waals surface area contributed by atoms with E-state index in [4.69, 9.17) is 5.11 Å². The quantitative estimate of drug-likeness (QED) is 0.531. The van der Waals surface area contributed by atoms with Gasteiger partial charge in [-0.3, -0.25) is 0 Å². The first-order valence-corrected chi connectivity index (χ1v) is 3.28. The van der Waals surface area contributed by atoms with E-state index in [1.165, 1.54) is 0 Å². The molecule has 68 valence electrons. The summed E-state index contributed by atoms with van der Waals surface area (Å²) in [6, 6.07) is 2.67. The first-order chi connectivity index (χ1) is 6.02. The summed E-state index contributed by atoms with van der Waals surface area (Å²) in [5.41, 5.74) is -0.890. The molecule has 15 heavy (non-hydrogen) atoms. The van der Waals surface area contributed by atoms with Gasteiger partial charge in [-0.05, 0) is 11.6 Å². The minimum atomic E-state index is -1.51. The minimum absolute atomic E-state index is 0. The molecule has 0 aliphatic rings. The van der Waals surface area contributed by atoms with Gasteiger partial charge in [-0.25, -0.2) is 4.79 Å². The third kappa shape index (κ3) is 5.40. The zero-order chi connectivity index (χ0) is 10.0. The predicted molar refractivity (Wildman–Crippen MR) is 37.2 cm³/mol. The second-order valence-electron chi connectivity index (χ2n) is 2.30. The number of carboxylic acid groups (broad SMARTS) is 2. The maximum atomic E-state index is 10.8. The van der Waals surface area contributed by atoms with E-state index >= 15 is 0 Å². The Kier molecular flexibility index (Phi) is 10.3. The van der Waals surface area contributed by atoms with Crippen molar-refractivity contribution in [3.05, 3.63) is 29.3 Å². The Balaban J connectivity index is 0. The zero-order valence-corrected chi connectivity index (χ0v) is 14.6. The van der Waals surface area contributed by atoms with Gasteiger partial charge in [0.05, 0.1) is 11.5 Å². The summed E-state index contributed by atoms with van der Waals surface area (Å²) in [4.78, 5) is 20.7. The molecule has 0 bridgehead atoms. The average Bonchev–Trinajstić information content (AvgIpc) is 2.04. The van der Waals surface area contributed by atoms with Crippen molar-refractivity contribution in [2.45, 2.75) is 0 Å². The molecule has 0 fully saturated rings. The monoisotopic (exact) mass is 258 g/mol. The van der Waals surface area contributed by atoms with Gasteiger partial charge >= 0.3 is 109 Å². The van der Waals surface area contributed by atoms with Gasteiger partial charge < -0.3 is 20.1 Å². The smallest absolute Gasteiger partial charge is 0.872 e. The third-order valence-corrected chi connectivity index (χ3v) is 1.45. The van der Waals surface area contributed by atoms with Gasteiger partial charge in [0.2, 0.25) is 0 Å². The predicted octanol–water partition coefficient (Wildman–Crippen LogP) is -7.17. The molecule has 0 heterocycles. The second kappa shape index (κ2) is 8.34. The number of hydrogen-bond donors (Lipinski definition) is 1. The summed E-state index contributed by atoms with van der Waals surface area (Å²) >= 11 is 0. The van der Waals surface area contributed by atoms with E-state index in [0.717, 1.165) is 18.2 Å². The molecule has 1 aromatic rings. The van der Waals surface area contributed by atoms with Crippen LogP contribution in [0.5, 0.6) is 5.75 Å². The molecule has 0 saturated heterocycles. The van der Waals surface area contributed by atoms with E-state index in [2.05, 4.69) is 0 Å². The number of rotatable bonds is 2. The Hall–Kier alpha value is 1.23. The molecule has 0 radical (unpaired) electrons. The fourth-order valence-electron chi connectivity index (χ4n) is 0.824. The SMILES string of the molecule is O=C([O-])c1ccc([O-])c(C(=O)O)c1.[K+].[K+]. The molecule has 0 atom stereocenters. The number of benzene rings is 1. The van der Waals surface area contributed by atoms with Crippen molar-refractivity contribution >= 4 is 11.9 Å². The Morgan fingerprint density at radius 2 is 1.73 bits per heavy atom. The molecule has 1 rings (SSSR count). The first kappa shape index (κ1) is 18.6. The summed E-state index contributed by atoms with van der Waals surface area (Å²) in [6.45, 7) is 0. The molecule has 7 heteroatoms. The fourth-order valence-corrected chi connectivity index (χ4v) is 0.824. The van der Waals surface area contributed by atoms with Gasteiger partial charge in [0, 0.05) is 0 Å². The van der Waals surface area contributed by atoms with Crippen molar-refractivity contribution in [2.24, 2.45) is 0 Å². The number of aromatic carboxylic acids is 2. The molecule has 0 unspecified atom stereocenters. The summed E-state index contributed by atoms with van der Waals surface area (Å²) in [6.07, 6.45) is 0. The molecular formula is C8H4K2O5. The number of carboxylic acids is 2. The van der Waals surface area contributed by atoms with Crippen LogP contribution in [0.2, 0.25) is 0 Å². The molecule has 0 aliphatic heterocycles. The van der Waals surface area contributed by atoms with Crippen molar-refractivity contribution < 1.29 is 128 Å². The molecule has 0 amide bonds. The van der Waals surface area contributed by atoms with Crippen LogP contribution >= 0.6 is 0 Å². The molecular weight excluding hydrogens is 254 g/mol. The largest absolute Gasteiger partial charge is 1.00 e. The summed E-state index contributed by atoms with van der Waals surface area (Å²) in [5, 5.41) is 29.6. The number of hydrogen-bond acceptors (Lipinski definition) is 4. The topological polar surface area (TPSA) is 100 Å². The van der Waals surface area contributed by atoms with Crippen LogP contribution in [0.25, 0.3) is 0 Å². The van der Waals surface area contributed by atoms with Gasteiger partial charge in [-0.1, -0.05) is 17.9 Å². The van der Waals surface area contributed by atoms with Gasteiger partial charge in [-0.15, -0.1) is 0 Å². The summed E-state index contributed by atoms with van der Waals surface area (Å²) < 4.78 is 0. The first-order valence-electron chi connectivity index (χ1n) is 3.28. The second-order valence-corrected chi connectivity index (χ2v) is 2.30. The van der Waals surface area contributed by atoms with Gasteiger partial charge in [0.25, 0.3) is 0 Å². The van der Waals surface area contributed by atoms with Crippen LogP contribution in [0.1, 0.15) is 20.7 Å². The molecule has 5 nitrogen and oxygen atoms in total. The van der Waals surface area contributed by atoms with E-state index in [-0.39, 0.29) is 108 Å². The van der Waals surface area contributed by atoms with Crippen LogP contribution in [0, 0.1) is 0 Å². The molecule has 1 N–H and O–H groups in total. The molecule has 1 aromatic carbocycles. The van der Waals surface area contributed by atoms with Crippen molar-refractivity contribution in [3.63, 3.8) is 0 Å². The van der Waals surface area contributed by atoms with Crippen LogP contribution in [0.3, 0.4) is 0 Å². The standard InChI is InChI=1S/C8H6O5.2K/c9-6-2-1-4(7(10)11)3-5(6)8(12)13;;/h1-3,9H,(H,10,11)(H,12,13);;/q;2*+1/p-2. The van der Waals surface area contributed by atoms with Gasteiger partial charge in [-0.2, -0.15) is 0 Å². The zero-order valence-electron chi connectivity index (χ0n) is 8.31. The van der Waals surface area contributed by atoms with E-state index in [0.29, 0.717) is 0 Å². The number of carbonyl (C=O) groups is 2. The van der Waals surface area contributed by atoms with E-state index in [1.54, 1.807) is 0 Å². The Bertz CT molecular complexity index is 377. The van der Waals surface area contributed by atoms with E-state index < -0.39 is 23.3 Å². The van der Waals surface area contributed by atoms with Crippen LogP contribution < -0.4 is 113 Å². The Morgan fingerprint density at radius 1 is 1.20 bits per heavy atom. The van der Waals surface area contributed by atoms with E-state index in [9.17, 15) is 19.8 Å². The Labute approximate surface area is 171 Å². The van der Waals surface area contributed by atoms with Crippen molar-refractivity contribution in [1.29, 1.82) is 0 Å². The summed E-state index contributed by atoms with van der Waals surface area (Å²) in [7, 11) is 0. The van der Waals surface area contributed by atoms with Crippen LogP contribution in [-0.4, -0.2) is 17.0 Å². The molecule has 0 spiro atoms. The fraction of sp³-hybridized carbons (Fsp3) is 0. The van der Waals surface area contributed by atoms with E-state index in [1.807, 2.05) is 0 Å². The Morgan fingerprint density at radius 3 is 2.13 bits per heavy atom.